The first-order valence-corrected chi connectivity index (χ1v) is 12.5. The SMILES string of the molecule is CC(C)(C)OC(=O)N[C@@H]1CN(c2ccc3c(n2)CC[C@H](NC(=O)OCc2ccccc2)C3)C[C@@H]1CF. The number of alkyl carbamates (subject to hydrolysis) is 2. The van der Waals surface area contributed by atoms with Gasteiger partial charge in [-0.2, -0.15) is 0 Å². The maximum absolute atomic E-state index is 13.7. The highest BCUT2D eigenvalue weighted by Gasteiger charge is 2.36. The van der Waals surface area contributed by atoms with Gasteiger partial charge in [0, 0.05) is 30.7 Å². The first-order valence-electron chi connectivity index (χ1n) is 12.5. The quantitative estimate of drug-likeness (QED) is 0.621. The molecule has 1 aromatic carbocycles. The van der Waals surface area contributed by atoms with E-state index in [2.05, 4.69) is 10.6 Å². The molecule has 1 saturated heterocycles. The number of nitrogens with one attached hydrogen (secondary N) is 2. The Labute approximate surface area is 211 Å². The van der Waals surface area contributed by atoms with E-state index < -0.39 is 24.5 Å². The van der Waals surface area contributed by atoms with Crippen LogP contribution in [0.1, 0.15) is 44.0 Å². The summed E-state index contributed by atoms with van der Waals surface area (Å²) in [6, 6.07) is 13.2. The fourth-order valence-corrected chi connectivity index (χ4v) is 4.67. The molecule has 0 unspecified atom stereocenters. The van der Waals surface area contributed by atoms with Crippen LogP contribution in [0, 0.1) is 5.92 Å². The summed E-state index contributed by atoms with van der Waals surface area (Å²) >= 11 is 0. The van der Waals surface area contributed by atoms with Crippen LogP contribution in [0.15, 0.2) is 42.5 Å². The molecule has 4 rings (SSSR count). The van der Waals surface area contributed by atoms with Gasteiger partial charge in [0.15, 0.2) is 0 Å². The average Bonchev–Trinajstić information content (AvgIpc) is 3.24. The summed E-state index contributed by atoms with van der Waals surface area (Å²) in [5, 5.41) is 5.78. The second kappa shape index (κ2) is 11.1. The topological polar surface area (TPSA) is 92.8 Å². The molecule has 0 spiro atoms. The Hall–Kier alpha value is -3.36. The zero-order valence-corrected chi connectivity index (χ0v) is 21.1. The summed E-state index contributed by atoms with van der Waals surface area (Å²) < 4.78 is 24.4. The van der Waals surface area contributed by atoms with E-state index in [-0.39, 0.29) is 24.6 Å². The van der Waals surface area contributed by atoms with Gasteiger partial charge in [-0.05, 0) is 57.2 Å². The number of hydrogen-bond donors (Lipinski definition) is 2. The van der Waals surface area contributed by atoms with E-state index in [1.54, 1.807) is 20.8 Å². The number of rotatable bonds is 6. The van der Waals surface area contributed by atoms with Crippen LogP contribution in [0.3, 0.4) is 0 Å². The van der Waals surface area contributed by atoms with Gasteiger partial charge in [0.1, 0.15) is 18.0 Å². The van der Waals surface area contributed by atoms with Crippen LogP contribution in [0.2, 0.25) is 0 Å². The first kappa shape index (κ1) is 25.7. The lowest BCUT2D eigenvalue weighted by molar-refractivity contribution is 0.0494. The lowest BCUT2D eigenvalue weighted by Gasteiger charge is -2.26. The second-order valence-electron chi connectivity index (χ2n) is 10.5. The summed E-state index contributed by atoms with van der Waals surface area (Å²) in [7, 11) is 0. The van der Waals surface area contributed by atoms with E-state index in [1.165, 1.54) is 0 Å². The summed E-state index contributed by atoms with van der Waals surface area (Å²) in [5.41, 5.74) is 2.41. The highest BCUT2D eigenvalue weighted by atomic mass is 19.1. The van der Waals surface area contributed by atoms with Gasteiger partial charge in [0.25, 0.3) is 0 Å². The Morgan fingerprint density at radius 2 is 1.86 bits per heavy atom. The van der Waals surface area contributed by atoms with Gasteiger partial charge in [-0.25, -0.2) is 14.6 Å². The number of fused-ring (bicyclic) bond motifs is 1. The molecule has 3 atom stereocenters. The second-order valence-corrected chi connectivity index (χ2v) is 10.5. The summed E-state index contributed by atoms with van der Waals surface area (Å²) in [4.78, 5) is 31.3. The third kappa shape index (κ3) is 6.86. The third-order valence-electron chi connectivity index (χ3n) is 6.45. The molecule has 1 fully saturated rings. The molecular formula is C27H35FN4O4. The number of pyridine rings is 1. The normalized spacial score (nSPS) is 21.4. The van der Waals surface area contributed by atoms with Crippen molar-refractivity contribution in [2.75, 3.05) is 24.7 Å². The molecule has 2 heterocycles. The number of amides is 2. The predicted molar refractivity (Wildman–Crippen MR) is 135 cm³/mol. The average molecular weight is 499 g/mol. The molecule has 2 aromatic rings. The Morgan fingerprint density at radius 3 is 2.58 bits per heavy atom. The summed E-state index contributed by atoms with van der Waals surface area (Å²) in [5.74, 6) is 0.445. The molecule has 8 nitrogen and oxygen atoms in total. The number of halogens is 1. The van der Waals surface area contributed by atoms with Crippen molar-refractivity contribution in [1.82, 2.24) is 15.6 Å². The summed E-state index contributed by atoms with van der Waals surface area (Å²) in [6.45, 7) is 6.04. The highest BCUT2D eigenvalue weighted by molar-refractivity contribution is 5.68. The van der Waals surface area contributed by atoms with Crippen molar-refractivity contribution in [3.8, 4) is 0 Å². The standard InChI is InChI=1S/C27H35FN4O4/c1-27(2,3)36-26(34)31-23-16-32(15-20(23)14-28)24-12-9-19-13-21(10-11-22(19)30-24)29-25(33)35-17-18-7-5-4-6-8-18/h4-9,12,20-21,23H,10-11,13-17H2,1-3H3,(H,29,33)(H,31,34)/t20-,21-,23+/m0/s1. The van der Waals surface area contributed by atoms with Gasteiger partial charge < -0.3 is 25.0 Å². The Balaban J connectivity index is 1.31. The number of anilines is 1. The van der Waals surface area contributed by atoms with Crippen molar-refractivity contribution in [2.24, 2.45) is 5.92 Å². The molecule has 1 aliphatic carbocycles. The van der Waals surface area contributed by atoms with Crippen molar-refractivity contribution in [2.45, 2.75) is 64.3 Å². The molecule has 0 bridgehead atoms. The maximum atomic E-state index is 13.7. The largest absolute Gasteiger partial charge is 0.445 e. The van der Waals surface area contributed by atoms with Gasteiger partial charge in [0.2, 0.25) is 0 Å². The number of nitrogens with zero attached hydrogens (tertiary/aromatic N) is 2. The van der Waals surface area contributed by atoms with E-state index >= 15 is 0 Å². The molecule has 0 saturated carbocycles. The van der Waals surface area contributed by atoms with E-state index in [0.717, 1.165) is 35.5 Å². The number of hydrogen-bond acceptors (Lipinski definition) is 6. The van der Waals surface area contributed by atoms with E-state index in [0.29, 0.717) is 19.5 Å². The number of ether oxygens (including phenoxy) is 2. The number of alkyl halides is 1. The molecule has 36 heavy (non-hydrogen) atoms. The molecular weight excluding hydrogens is 463 g/mol. The number of aromatic nitrogens is 1. The van der Waals surface area contributed by atoms with Gasteiger partial charge in [-0.3, -0.25) is 4.39 Å². The predicted octanol–water partition coefficient (Wildman–Crippen LogP) is 4.16. The van der Waals surface area contributed by atoms with Crippen molar-refractivity contribution >= 4 is 18.0 Å². The van der Waals surface area contributed by atoms with Gasteiger partial charge in [-0.1, -0.05) is 36.4 Å². The van der Waals surface area contributed by atoms with Crippen LogP contribution in [-0.2, 0) is 28.9 Å². The first-order chi connectivity index (χ1) is 17.2. The Bertz CT molecular complexity index is 1060. The number of aryl methyl sites for hydroxylation is 1. The highest BCUT2D eigenvalue weighted by Crippen LogP contribution is 2.27. The monoisotopic (exact) mass is 498 g/mol. The van der Waals surface area contributed by atoms with E-state index in [9.17, 15) is 14.0 Å². The Kier molecular flexibility index (Phi) is 7.96. The van der Waals surface area contributed by atoms with Gasteiger partial charge in [0.05, 0.1) is 12.7 Å². The summed E-state index contributed by atoms with van der Waals surface area (Å²) in [6.07, 6.45) is 1.22. The minimum Gasteiger partial charge on any atom is -0.445 e. The number of benzene rings is 1. The van der Waals surface area contributed by atoms with Crippen molar-refractivity contribution in [1.29, 1.82) is 0 Å². The molecule has 2 aliphatic rings. The molecule has 1 aliphatic heterocycles. The van der Waals surface area contributed by atoms with Gasteiger partial charge >= 0.3 is 12.2 Å². The van der Waals surface area contributed by atoms with Crippen LogP contribution in [-0.4, -0.2) is 54.6 Å². The smallest absolute Gasteiger partial charge is 0.407 e. The zero-order chi connectivity index (χ0) is 25.7. The van der Waals surface area contributed by atoms with Crippen LogP contribution >= 0.6 is 0 Å². The lowest BCUT2D eigenvalue weighted by atomic mass is 9.92. The molecule has 1 aromatic heterocycles. The van der Waals surface area contributed by atoms with Crippen molar-refractivity contribution < 1.29 is 23.5 Å². The van der Waals surface area contributed by atoms with Crippen LogP contribution < -0.4 is 15.5 Å². The Morgan fingerprint density at radius 1 is 1.08 bits per heavy atom. The number of carbonyl (C=O) groups excluding carboxylic acids is 2. The third-order valence-corrected chi connectivity index (χ3v) is 6.45. The van der Waals surface area contributed by atoms with E-state index in [1.807, 2.05) is 47.4 Å². The molecule has 194 valence electrons. The van der Waals surface area contributed by atoms with Crippen LogP contribution in [0.4, 0.5) is 19.8 Å². The molecule has 2 amide bonds. The van der Waals surface area contributed by atoms with Crippen LogP contribution in [0.5, 0.6) is 0 Å². The fourth-order valence-electron chi connectivity index (χ4n) is 4.67. The fraction of sp³-hybridized carbons (Fsp3) is 0.519. The maximum Gasteiger partial charge on any atom is 0.407 e. The molecule has 9 heteroatoms. The van der Waals surface area contributed by atoms with E-state index in [4.69, 9.17) is 14.5 Å². The minimum atomic E-state index is -0.612. The van der Waals surface area contributed by atoms with Crippen molar-refractivity contribution in [3.63, 3.8) is 0 Å². The van der Waals surface area contributed by atoms with Crippen molar-refractivity contribution in [3.05, 3.63) is 59.3 Å². The lowest BCUT2D eigenvalue weighted by Crippen LogP contribution is -2.43. The molecule has 2 N–H and O–H groups in total. The van der Waals surface area contributed by atoms with Gasteiger partial charge in [-0.15, -0.1) is 0 Å². The van der Waals surface area contributed by atoms with Crippen LogP contribution in [0.25, 0.3) is 0 Å². The number of carbonyl (C=O) groups is 2. The zero-order valence-electron chi connectivity index (χ0n) is 21.1. The molecule has 0 radical (unpaired) electrons. The minimum absolute atomic E-state index is 0.0152.